The fraction of sp³-hybridized carbons (Fsp3) is 0.200. The van der Waals surface area contributed by atoms with Crippen LogP contribution >= 0.6 is 23.1 Å². The highest BCUT2D eigenvalue weighted by atomic mass is 32.2. The first kappa shape index (κ1) is 18.6. The second kappa shape index (κ2) is 8.12. The van der Waals surface area contributed by atoms with Crippen molar-refractivity contribution in [3.63, 3.8) is 0 Å². The van der Waals surface area contributed by atoms with Crippen molar-refractivity contribution in [1.29, 1.82) is 0 Å². The molecule has 0 bridgehead atoms. The van der Waals surface area contributed by atoms with E-state index in [-0.39, 0.29) is 11.8 Å². The zero-order valence-electron chi connectivity index (χ0n) is 15.2. The van der Waals surface area contributed by atoms with Crippen LogP contribution in [-0.2, 0) is 6.42 Å². The lowest BCUT2D eigenvalue weighted by molar-refractivity contribution is 0.0664. The second-order valence-electron chi connectivity index (χ2n) is 6.20. The van der Waals surface area contributed by atoms with Crippen LogP contribution in [0.5, 0.6) is 0 Å². The Balaban J connectivity index is 1.31. The van der Waals surface area contributed by atoms with Gasteiger partial charge in [-0.15, -0.1) is 10.2 Å². The van der Waals surface area contributed by atoms with Gasteiger partial charge in [0.25, 0.3) is 11.8 Å². The standard InChI is InChI=1S/C20H18N4O2S2/c1-2-13-7-9-14(10-8-13)21-19-22-23-20(28-19)27-12-11-24-17(25)15-5-3-4-6-16(15)18(24)26/h3-10H,2,11-12H2,1H3,(H,21,22). The maximum absolute atomic E-state index is 12.4. The van der Waals surface area contributed by atoms with E-state index < -0.39 is 0 Å². The smallest absolute Gasteiger partial charge is 0.261 e. The van der Waals surface area contributed by atoms with Crippen LogP contribution in [0.1, 0.15) is 33.2 Å². The highest BCUT2D eigenvalue weighted by Crippen LogP contribution is 2.29. The third kappa shape index (κ3) is 3.79. The number of rotatable bonds is 7. The molecule has 142 valence electrons. The van der Waals surface area contributed by atoms with Gasteiger partial charge in [-0.05, 0) is 36.2 Å². The zero-order chi connectivity index (χ0) is 19.5. The summed E-state index contributed by atoms with van der Waals surface area (Å²) in [7, 11) is 0. The number of hydrogen-bond acceptors (Lipinski definition) is 7. The Labute approximate surface area is 171 Å². The summed E-state index contributed by atoms with van der Waals surface area (Å²) in [5.41, 5.74) is 3.21. The van der Waals surface area contributed by atoms with Gasteiger partial charge in [-0.2, -0.15) is 0 Å². The molecule has 0 fully saturated rings. The maximum Gasteiger partial charge on any atom is 0.261 e. The third-order valence-corrected chi connectivity index (χ3v) is 6.39. The van der Waals surface area contributed by atoms with E-state index in [2.05, 4.69) is 34.6 Å². The van der Waals surface area contributed by atoms with Gasteiger partial charge in [-0.3, -0.25) is 14.5 Å². The quantitative estimate of drug-likeness (QED) is 0.464. The van der Waals surface area contributed by atoms with E-state index in [0.717, 1.165) is 16.4 Å². The van der Waals surface area contributed by atoms with E-state index in [4.69, 9.17) is 0 Å². The highest BCUT2D eigenvalue weighted by Gasteiger charge is 2.34. The zero-order valence-corrected chi connectivity index (χ0v) is 16.8. The summed E-state index contributed by atoms with van der Waals surface area (Å²) in [5, 5.41) is 12.3. The molecule has 1 aromatic heterocycles. The predicted octanol–water partition coefficient (Wildman–Crippen LogP) is 4.23. The van der Waals surface area contributed by atoms with Crippen molar-refractivity contribution in [1.82, 2.24) is 15.1 Å². The Hall–Kier alpha value is -2.71. The predicted molar refractivity (Wildman–Crippen MR) is 112 cm³/mol. The van der Waals surface area contributed by atoms with Crippen LogP contribution in [0.4, 0.5) is 10.8 Å². The molecule has 1 aliphatic rings. The van der Waals surface area contributed by atoms with Gasteiger partial charge in [0.1, 0.15) is 0 Å². The monoisotopic (exact) mass is 410 g/mol. The van der Waals surface area contributed by atoms with Crippen molar-refractivity contribution in [3.8, 4) is 0 Å². The summed E-state index contributed by atoms with van der Waals surface area (Å²) in [6.45, 7) is 2.47. The van der Waals surface area contributed by atoms with Gasteiger partial charge >= 0.3 is 0 Å². The van der Waals surface area contributed by atoms with E-state index in [9.17, 15) is 9.59 Å². The highest BCUT2D eigenvalue weighted by molar-refractivity contribution is 8.01. The molecule has 0 atom stereocenters. The van der Waals surface area contributed by atoms with Crippen molar-refractivity contribution in [2.45, 2.75) is 17.7 Å². The van der Waals surface area contributed by atoms with E-state index in [1.165, 1.54) is 33.6 Å². The number of nitrogens with one attached hydrogen (secondary N) is 1. The SMILES string of the molecule is CCc1ccc(Nc2nnc(SCCN3C(=O)c4ccccc4C3=O)s2)cc1. The number of hydrogen-bond donors (Lipinski definition) is 1. The molecule has 8 heteroatoms. The first-order valence-corrected chi connectivity index (χ1v) is 10.7. The van der Waals surface area contributed by atoms with Gasteiger partial charge in [-0.25, -0.2) is 0 Å². The van der Waals surface area contributed by atoms with Gasteiger partial charge in [-0.1, -0.05) is 54.3 Å². The number of aryl methyl sites for hydroxylation is 1. The van der Waals surface area contributed by atoms with Gasteiger partial charge in [0.2, 0.25) is 5.13 Å². The molecule has 3 aromatic rings. The lowest BCUT2D eigenvalue weighted by Crippen LogP contribution is -2.31. The fourth-order valence-corrected chi connectivity index (χ4v) is 4.70. The Morgan fingerprint density at radius 3 is 2.32 bits per heavy atom. The molecule has 2 heterocycles. The molecule has 0 saturated heterocycles. The molecule has 6 nitrogen and oxygen atoms in total. The summed E-state index contributed by atoms with van der Waals surface area (Å²) < 4.78 is 0.796. The van der Waals surface area contributed by atoms with E-state index in [1.54, 1.807) is 24.3 Å². The first-order valence-electron chi connectivity index (χ1n) is 8.93. The van der Waals surface area contributed by atoms with Crippen LogP contribution in [0.3, 0.4) is 0 Å². The number of aromatic nitrogens is 2. The molecule has 2 aromatic carbocycles. The molecule has 0 radical (unpaired) electrons. The Kier molecular flexibility index (Phi) is 5.40. The molecule has 0 unspecified atom stereocenters. The van der Waals surface area contributed by atoms with Crippen molar-refractivity contribution < 1.29 is 9.59 Å². The molecule has 1 N–H and O–H groups in total. The summed E-state index contributed by atoms with van der Waals surface area (Å²) in [5.74, 6) is 0.123. The van der Waals surface area contributed by atoms with Gasteiger partial charge in [0.15, 0.2) is 4.34 Å². The summed E-state index contributed by atoms with van der Waals surface area (Å²) >= 11 is 2.94. The molecular formula is C20H18N4O2S2. The van der Waals surface area contributed by atoms with Crippen LogP contribution in [0, 0.1) is 0 Å². The van der Waals surface area contributed by atoms with E-state index >= 15 is 0 Å². The Morgan fingerprint density at radius 1 is 1.00 bits per heavy atom. The molecule has 28 heavy (non-hydrogen) atoms. The maximum atomic E-state index is 12.4. The summed E-state index contributed by atoms with van der Waals surface area (Å²) in [6, 6.07) is 15.1. The van der Waals surface area contributed by atoms with Crippen LogP contribution in [0.25, 0.3) is 0 Å². The lowest BCUT2D eigenvalue weighted by Gasteiger charge is -2.12. The number of nitrogens with zero attached hydrogens (tertiary/aromatic N) is 3. The minimum absolute atomic E-state index is 0.226. The number of fused-ring (bicyclic) bond motifs is 1. The van der Waals surface area contributed by atoms with Crippen molar-refractivity contribution in [2.24, 2.45) is 0 Å². The largest absolute Gasteiger partial charge is 0.330 e. The number of imide groups is 1. The minimum Gasteiger partial charge on any atom is -0.330 e. The Morgan fingerprint density at radius 2 is 1.68 bits per heavy atom. The molecule has 4 rings (SSSR count). The Bertz CT molecular complexity index is 982. The van der Waals surface area contributed by atoms with Gasteiger partial charge in [0.05, 0.1) is 11.1 Å². The number of benzene rings is 2. The van der Waals surface area contributed by atoms with Gasteiger partial charge < -0.3 is 5.32 Å². The number of thioether (sulfide) groups is 1. The van der Waals surface area contributed by atoms with Gasteiger partial charge in [0, 0.05) is 18.0 Å². The summed E-state index contributed by atoms with van der Waals surface area (Å²) in [4.78, 5) is 26.0. The molecule has 1 aliphatic heterocycles. The molecule has 2 amide bonds. The molecule has 0 aliphatic carbocycles. The fourth-order valence-electron chi connectivity index (χ4n) is 2.93. The summed E-state index contributed by atoms with van der Waals surface area (Å²) in [6.07, 6.45) is 1.01. The van der Waals surface area contributed by atoms with Crippen LogP contribution in [0.2, 0.25) is 0 Å². The van der Waals surface area contributed by atoms with E-state index in [1.807, 2.05) is 12.1 Å². The van der Waals surface area contributed by atoms with Crippen LogP contribution in [0.15, 0.2) is 52.9 Å². The minimum atomic E-state index is -0.226. The number of carbonyl (C=O) groups excluding carboxylic acids is 2. The lowest BCUT2D eigenvalue weighted by atomic mass is 10.1. The molecule has 0 spiro atoms. The van der Waals surface area contributed by atoms with E-state index in [0.29, 0.717) is 28.6 Å². The number of amides is 2. The normalized spacial score (nSPS) is 13.1. The average Bonchev–Trinajstić information content (AvgIpc) is 3.27. The third-order valence-electron chi connectivity index (χ3n) is 4.44. The van der Waals surface area contributed by atoms with Crippen molar-refractivity contribution >= 4 is 45.7 Å². The first-order chi connectivity index (χ1) is 13.7. The molecular weight excluding hydrogens is 392 g/mol. The molecule has 0 saturated carbocycles. The average molecular weight is 411 g/mol. The van der Waals surface area contributed by atoms with Crippen LogP contribution < -0.4 is 5.32 Å². The number of carbonyl (C=O) groups is 2. The van der Waals surface area contributed by atoms with Crippen molar-refractivity contribution in [2.75, 3.05) is 17.6 Å². The topological polar surface area (TPSA) is 75.2 Å². The number of anilines is 2. The van der Waals surface area contributed by atoms with Crippen LogP contribution in [-0.4, -0.2) is 39.2 Å². The second-order valence-corrected chi connectivity index (χ2v) is 8.52. The van der Waals surface area contributed by atoms with Crippen molar-refractivity contribution in [3.05, 3.63) is 65.2 Å².